The Hall–Kier alpha value is -4.27. The van der Waals surface area contributed by atoms with Gasteiger partial charge < -0.3 is 14.7 Å². The molecule has 0 radical (unpaired) electrons. The smallest absolute Gasteiger partial charge is 0.416 e. The van der Waals surface area contributed by atoms with Gasteiger partial charge in [-0.15, -0.1) is 0 Å². The average Bonchev–Trinajstić information content (AvgIpc) is 3.14. The van der Waals surface area contributed by atoms with Crippen LogP contribution in [0.4, 0.5) is 24.5 Å². The third-order valence-electron chi connectivity index (χ3n) is 6.43. The number of aliphatic hydroxyl groups is 1. The molecule has 6 nitrogen and oxygen atoms in total. The highest BCUT2D eigenvalue weighted by Crippen LogP contribution is 2.44. The molecule has 1 aliphatic rings. The second-order valence-corrected chi connectivity index (χ2v) is 9.85. The van der Waals surface area contributed by atoms with Gasteiger partial charge in [0.25, 0.3) is 11.7 Å². The molecular weight excluding hydrogens is 509 g/mol. The van der Waals surface area contributed by atoms with E-state index < -0.39 is 35.2 Å². The molecule has 9 heteroatoms. The second-order valence-electron chi connectivity index (χ2n) is 9.85. The molecule has 0 aliphatic carbocycles. The van der Waals surface area contributed by atoms with Crippen molar-refractivity contribution in [1.29, 1.82) is 0 Å². The first-order valence-electron chi connectivity index (χ1n) is 12.3. The Morgan fingerprint density at radius 1 is 1.00 bits per heavy atom. The lowest BCUT2D eigenvalue weighted by Gasteiger charge is -2.26. The molecule has 1 fully saturated rings. The fourth-order valence-electron chi connectivity index (χ4n) is 4.54. The van der Waals surface area contributed by atoms with E-state index in [-0.39, 0.29) is 22.9 Å². The molecule has 1 heterocycles. The van der Waals surface area contributed by atoms with Crippen LogP contribution in [0, 0.1) is 6.92 Å². The van der Waals surface area contributed by atoms with Crippen LogP contribution >= 0.6 is 0 Å². The minimum atomic E-state index is -4.65. The number of amides is 1. The van der Waals surface area contributed by atoms with E-state index >= 15 is 0 Å². The van der Waals surface area contributed by atoms with Gasteiger partial charge in [-0.05, 0) is 80.4 Å². The molecule has 1 amide bonds. The lowest BCUT2D eigenvalue weighted by molar-refractivity contribution is -0.137. The maximum absolute atomic E-state index is 13.5. The zero-order valence-electron chi connectivity index (χ0n) is 22.2. The Morgan fingerprint density at radius 3 is 2.23 bits per heavy atom. The topological polar surface area (TPSA) is 70.1 Å². The zero-order chi connectivity index (χ0) is 28.6. The number of hydrogen-bond donors (Lipinski definition) is 1. The van der Waals surface area contributed by atoms with Gasteiger partial charge in [0.15, 0.2) is 0 Å². The van der Waals surface area contributed by atoms with E-state index in [1.54, 1.807) is 49.4 Å². The van der Waals surface area contributed by atoms with Gasteiger partial charge in [0, 0.05) is 31.0 Å². The lowest BCUT2D eigenvalue weighted by atomic mass is 9.94. The number of aryl methyl sites for hydroxylation is 1. The summed E-state index contributed by atoms with van der Waals surface area (Å²) in [6, 6.07) is 14.9. The van der Waals surface area contributed by atoms with Crippen LogP contribution in [-0.2, 0) is 15.8 Å². The number of rotatable bonds is 6. The molecule has 3 aromatic carbocycles. The van der Waals surface area contributed by atoms with E-state index in [4.69, 9.17) is 4.74 Å². The predicted molar refractivity (Wildman–Crippen MR) is 144 cm³/mol. The monoisotopic (exact) mass is 538 g/mol. The Morgan fingerprint density at radius 2 is 1.67 bits per heavy atom. The molecule has 1 N–H and O–H groups in total. The number of benzene rings is 3. The van der Waals surface area contributed by atoms with E-state index in [9.17, 15) is 27.9 Å². The summed E-state index contributed by atoms with van der Waals surface area (Å²) >= 11 is 0. The maximum atomic E-state index is 13.5. The van der Waals surface area contributed by atoms with Gasteiger partial charge in [0.2, 0.25) is 0 Å². The number of hydrogen-bond acceptors (Lipinski definition) is 5. The summed E-state index contributed by atoms with van der Waals surface area (Å²) in [5.74, 6) is -1.86. The van der Waals surface area contributed by atoms with Crippen molar-refractivity contribution < 1.29 is 32.6 Å². The third-order valence-corrected chi connectivity index (χ3v) is 6.43. The predicted octanol–water partition coefficient (Wildman–Crippen LogP) is 6.49. The van der Waals surface area contributed by atoms with Crippen LogP contribution in [0.15, 0.2) is 72.3 Å². The lowest BCUT2D eigenvalue weighted by Crippen LogP contribution is -2.29. The summed E-state index contributed by atoms with van der Waals surface area (Å²) in [7, 11) is 3.69. The molecule has 3 aromatic rings. The van der Waals surface area contributed by atoms with Gasteiger partial charge >= 0.3 is 6.18 Å². The van der Waals surface area contributed by atoms with Crippen LogP contribution in [0.2, 0.25) is 0 Å². The molecule has 1 saturated heterocycles. The highest BCUT2D eigenvalue weighted by atomic mass is 19.4. The fourth-order valence-corrected chi connectivity index (χ4v) is 4.54. The van der Waals surface area contributed by atoms with Crippen LogP contribution in [0.25, 0.3) is 5.76 Å². The highest BCUT2D eigenvalue weighted by Gasteiger charge is 2.47. The average molecular weight is 539 g/mol. The SMILES string of the molecule is Cc1cc(/C(O)=C2\C(=O)C(=O)N(c3cccc(C(F)(F)F)c3)C2c2ccc(N(C)C)cc2)ccc1OC(C)C. The molecule has 1 aliphatic heterocycles. The normalized spacial score (nSPS) is 17.2. The molecular formula is C30H29F3N2O4. The van der Waals surface area contributed by atoms with Gasteiger partial charge in [-0.2, -0.15) is 13.2 Å². The second kappa shape index (κ2) is 10.5. The summed E-state index contributed by atoms with van der Waals surface area (Å²) in [6.07, 6.45) is -4.73. The van der Waals surface area contributed by atoms with Gasteiger partial charge in [0.05, 0.1) is 23.3 Å². The number of carbonyl (C=O) groups excluding carboxylic acids is 2. The first-order chi connectivity index (χ1) is 18.3. The molecule has 1 unspecified atom stereocenters. The third kappa shape index (κ3) is 5.48. The first-order valence-corrected chi connectivity index (χ1v) is 12.3. The molecule has 1 atom stereocenters. The van der Waals surface area contributed by atoms with Crippen LogP contribution in [0.3, 0.4) is 0 Å². The molecule has 0 bridgehead atoms. The van der Waals surface area contributed by atoms with Crippen LogP contribution in [-0.4, -0.2) is 37.0 Å². The number of aliphatic hydroxyl groups excluding tert-OH is 1. The van der Waals surface area contributed by atoms with Crippen molar-refractivity contribution in [3.05, 3.63) is 94.6 Å². The summed E-state index contributed by atoms with van der Waals surface area (Å²) < 4.78 is 46.3. The van der Waals surface area contributed by atoms with Crippen molar-refractivity contribution >= 4 is 28.8 Å². The highest BCUT2D eigenvalue weighted by molar-refractivity contribution is 6.51. The Bertz CT molecular complexity index is 1440. The quantitative estimate of drug-likeness (QED) is 0.221. The summed E-state index contributed by atoms with van der Waals surface area (Å²) in [4.78, 5) is 29.6. The van der Waals surface area contributed by atoms with Crippen molar-refractivity contribution in [3.63, 3.8) is 0 Å². The van der Waals surface area contributed by atoms with Crippen LogP contribution < -0.4 is 14.5 Å². The number of ether oxygens (including phenoxy) is 1. The van der Waals surface area contributed by atoms with Crippen LogP contribution in [0.5, 0.6) is 5.75 Å². The number of Topliss-reactive ketones (excluding diaryl/α,β-unsaturated/α-hetero) is 1. The summed E-state index contributed by atoms with van der Waals surface area (Å²) in [5, 5.41) is 11.4. The minimum absolute atomic E-state index is 0.0777. The van der Waals surface area contributed by atoms with Gasteiger partial charge in [-0.25, -0.2) is 0 Å². The van der Waals surface area contributed by atoms with E-state index in [0.717, 1.165) is 22.7 Å². The van der Waals surface area contributed by atoms with E-state index in [2.05, 4.69) is 0 Å². The van der Waals surface area contributed by atoms with Crippen molar-refractivity contribution in [3.8, 4) is 5.75 Å². The Balaban J connectivity index is 1.91. The van der Waals surface area contributed by atoms with Gasteiger partial charge in [-0.3, -0.25) is 14.5 Å². The first kappa shape index (κ1) is 27.8. The number of halogens is 3. The number of ketones is 1. The Kier molecular flexibility index (Phi) is 7.46. The zero-order valence-corrected chi connectivity index (χ0v) is 22.2. The van der Waals surface area contributed by atoms with Crippen molar-refractivity contribution in [2.24, 2.45) is 0 Å². The number of anilines is 2. The molecule has 4 rings (SSSR count). The molecule has 0 spiro atoms. The van der Waals surface area contributed by atoms with E-state index in [0.29, 0.717) is 16.9 Å². The maximum Gasteiger partial charge on any atom is 0.416 e. The van der Waals surface area contributed by atoms with Gasteiger partial charge in [0.1, 0.15) is 11.5 Å². The molecule has 39 heavy (non-hydrogen) atoms. The van der Waals surface area contributed by atoms with E-state index in [1.165, 1.54) is 12.1 Å². The minimum Gasteiger partial charge on any atom is -0.507 e. The summed E-state index contributed by atoms with van der Waals surface area (Å²) in [6.45, 7) is 5.54. The largest absolute Gasteiger partial charge is 0.507 e. The van der Waals surface area contributed by atoms with Crippen molar-refractivity contribution in [2.45, 2.75) is 39.1 Å². The van der Waals surface area contributed by atoms with E-state index in [1.807, 2.05) is 32.8 Å². The fraction of sp³-hybridized carbons (Fsp3) is 0.267. The van der Waals surface area contributed by atoms with Gasteiger partial charge in [-0.1, -0.05) is 18.2 Å². The summed E-state index contributed by atoms with van der Waals surface area (Å²) in [5.41, 5.74) is 0.991. The molecule has 0 saturated carbocycles. The standard InChI is InChI=1S/C30H29F3N2O4/c1-17(2)39-24-14-11-20(15-18(24)3)27(36)25-26(19-9-12-22(13-10-19)34(4)5)35(29(38)28(25)37)23-8-6-7-21(16-23)30(31,32)33/h6-17,26,36H,1-5H3/b27-25+. The number of nitrogens with zero attached hydrogens (tertiary/aromatic N) is 2. The van der Waals surface area contributed by atoms with Crippen molar-refractivity contribution in [1.82, 2.24) is 0 Å². The van der Waals surface area contributed by atoms with Crippen molar-refractivity contribution in [2.75, 3.05) is 23.9 Å². The van der Waals surface area contributed by atoms with Crippen LogP contribution in [0.1, 0.15) is 42.1 Å². The molecule has 204 valence electrons. The Labute approximate surface area is 224 Å². The number of carbonyl (C=O) groups is 2. The molecule has 0 aromatic heterocycles. The number of alkyl halides is 3.